The number of hydrogen-bond acceptors (Lipinski definition) is 5. The summed E-state index contributed by atoms with van der Waals surface area (Å²) in [6.07, 6.45) is 1.77. The molecular weight excluding hydrogens is 364 g/mol. The number of amides is 1. The van der Waals surface area contributed by atoms with E-state index in [1.165, 1.54) is 4.57 Å². The molecule has 27 heavy (non-hydrogen) atoms. The number of H-pyrrole nitrogens is 1. The molecule has 1 amide bonds. The van der Waals surface area contributed by atoms with Gasteiger partial charge in [-0.15, -0.1) is 0 Å². The summed E-state index contributed by atoms with van der Waals surface area (Å²) < 4.78 is 7.17. The van der Waals surface area contributed by atoms with E-state index in [1.807, 2.05) is 37.2 Å². The molecule has 142 valence electrons. The second kappa shape index (κ2) is 8.32. The molecule has 1 unspecified atom stereocenters. The number of para-hydroxylation sites is 1. The number of fused-ring (bicyclic) bond motifs is 1. The fraction of sp³-hybridized carbons (Fsp3) is 0.316. The van der Waals surface area contributed by atoms with Gasteiger partial charge in [-0.05, 0) is 50.6 Å². The average molecular weight is 386 g/mol. The summed E-state index contributed by atoms with van der Waals surface area (Å²) >= 11 is 5.27. The molecule has 1 atom stereocenters. The normalized spacial score (nSPS) is 12.4. The number of nitrogens with one attached hydrogen (secondary N) is 2. The second-order valence-corrected chi connectivity index (χ2v) is 6.87. The van der Waals surface area contributed by atoms with Crippen molar-refractivity contribution in [1.29, 1.82) is 0 Å². The average Bonchev–Trinajstić information content (AvgIpc) is 3.15. The maximum Gasteiger partial charge on any atom is 0.262 e. The van der Waals surface area contributed by atoms with Crippen LogP contribution in [0.15, 0.2) is 51.9 Å². The van der Waals surface area contributed by atoms with Gasteiger partial charge in [0.05, 0.1) is 23.2 Å². The lowest BCUT2D eigenvalue weighted by molar-refractivity contribution is -0.121. The number of benzene rings is 1. The van der Waals surface area contributed by atoms with Crippen molar-refractivity contribution in [1.82, 2.24) is 19.8 Å². The fourth-order valence-electron chi connectivity index (χ4n) is 2.93. The van der Waals surface area contributed by atoms with Crippen LogP contribution < -0.4 is 10.9 Å². The monoisotopic (exact) mass is 386 g/mol. The van der Waals surface area contributed by atoms with Crippen LogP contribution in [0.25, 0.3) is 10.9 Å². The predicted octanol–water partition coefficient (Wildman–Crippen LogP) is 2.46. The Bertz CT molecular complexity index is 1040. The topological polar surface area (TPSA) is 83.3 Å². The van der Waals surface area contributed by atoms with Crippen molar-refractivity contribution in [2.45, 2.75) is 19.0 Å². The largest absolute Gasteiger partial charge is 0.468 e. The van der Waals surface area contributed by atoms with E-state index >= 15 is 0 Å². The fourth-order valence-corrected chi connectivity index (χ4v) is 3.22. The van der Waals surface area contributed by atoms with E-state index in [2.05, 4.69) is 10.3 Å². The van der Waals surface area contributed by atoms with E-state index in [0.717, 1.165) is 5.76 Å². The van der Waals surface area contributed by atoms with Crippen LogP contribution in [0.2, 0.25) is 0 Å². The lowest BCUT2D eigenvalue weighted by atomic mass is 10.2. The zero-order chi connectivity index (χ0) is 19.4. The summed E-state index contributed by atoms with van der Waals surface area (Å²) in [4.78, 5) is 29.9. The van der Waals surface area contributed by atoms with Gasteiger partial charge < -0.3 is 14.7 Å². The van der Waals surface area contributed by atoms with Gasteiger partial charge in [0.15, 0.2) is 4.77 Å². The first-order valence-electron chi connectivity index (χ1n) is 8.65. The lowest BCUT2D eigenvalue weighted by Gasteiger charge is -2.22. The van der Waals surface area contributed by atoms with Crippen molar-refractivity contribution in [2.75, 3.05) is 20.6 Å². The number of furan rings is 1. The number of hydrogen-bond donors (Lipinski definition) is 2. The molecule has 3 rings (SSSR count). The van der Waals surface area contributed by atoms with Crippen molar-refractivity contribution in [3.05, 3.63) is 63.5 Å². The molecule has 1 aromatic carbocycles. The van der Waals surface area contributed by atoms with Gasteiger partial charge in [-0.1, -0.05) is 12.1 Å². The molecule has 0 fully saturated rings. The highest BCUT2D eigenvalue weighted by Crippen LogP contribution is 2.17. The highest BCUT2D eigenvalue weighted by Gasteiger charge is 2.18. The van der Waals surface area contributed by atoms with Crippen LogP contribution >= 0.6 is 12.2 Å². The Hall–Kier alpha value is -2.71. The minimum atomic E-state index is -0.191. The number of aromatic nitrogens is 2. The van der Waals surface area contributed by atoms with Crippen LogP contribution in [0.3, 0.4) is 0 Å². The van der Waals surface area contributed by atoms with E-state index in [9.17, 15) is 9.59 Å². The third-order valence-electron chi connectivity index (χ3n) is 4.44. The first-order valence-corrected chi connectivity index (χ1v) is 9.06. The minimum absolute atomic E-state index is 0.0600. The molecule has 0 saturated heterocycles. The Morgan fingerprint density at radius 3 is 2.78 bits per heavy atom. The van der Waals surface area contributed by atoms with Gasteiger partial charge in [-0.3, -0.25) is 19.1 Å². The van der Waals surface area contributed by atoms with Crippen LogP contribution in [0.1, 0.15) is 18.2 Å². The van der Waals surface area contributed by atoms with Gasteiger partial charge in [0.2, 0.25) is 5.91 Å². The second-order valence-electron chi connectivity index (χ2n) is 6.48. The predicted molar refractivity (Wildman–Crippen MR) is 106 cm³/mol. The zero-order valence-electron chi connectivity index (χ0n) is 15.3. The van der Waals surface area contributed by atoms with Crippen molar-refractivity contribution >= 4 is 29.0 Å². The van der Waals surface area contributed by atoms with Gasteiger partial charge in [0, 0.05) is 19.5 Å². The standard InChI is InChI=1S/C19H22N4O3S/c1-22(2)15(16-8-5-11-26-16)12-20-17(24)9-10-23-18(25)13-6-3-4-7-14(13)21-19(23)27/h3-8,11,15H,9-10,12H2,1-2H3,(H,20,24)(H,21,27). The highest BCUT2D eigenvalue weighted by molar-refractivity contribution is 7.71. The number of carbonyl (C=O) groups excluding carboxylic acids is 1. The van der Waals surface area contributed by atoms with Crippen molar-refractivity contribution in [3.8, 4) is 0 Å². The number of likely N-dealkylation sites (N-methyl/N-ethyl adjacent to an activating group) is 1. The van der Waals surface area contributed by atoms with E-state index < -0.39 is 0 Å². The molecule has 7 nitrogen and oxygen atoms in total. The number of nitrogens with zero attached hydrogens (tertiary/aromatic N) is 2. The molecular formula is C19H22N4O3S. The Kier molecular flexibility index (Phi) is 5.88. The van der Waals surface area contributed by atoms with Crippen molar-refractivity contribution < 1.29 is 9.21 Å². The third kappa shape index (κ3) is 4.35. The minimum Gasteiger partial charge on any atom is -0.468 e. The van der Waals surface area contributed by atoms with Crippen LogP contribution in [0.4, 0.5) is 0 Å². The van der Waals surface area contributed by atoms with Gasteiger partial charge in [-0.25, -0.2) is 0 Å². The first-order chi connectivity index (χ1) is 13.0. The molecule has 0 aliphatic rings. The van der Waals surface area contributed by atoms with Gasteiger partial charge in [0.1, 0.15) is 5.76 Å². The molecule has 8 heteroatoms. The Morgan fingerprint density at radius 2 is 2.07 bits per heavy atom. The molecule has 0 aliphatic heterocycles. The van der Waals surface area contributed by atoms with Crippen LogP contribution in [-0.4, -0.2) is 41.0 Å². The number of carbonyl (C=O) groups is 1. The maximum atomic E-state index is 12.6. The quantitative estimate of drug-likeness (QED) is 0.610. The molecule has 0 spiro atoms. The molecule has 0 saturated carbocycles. The molecule has 2 aromatic heterocycles. The summed E-state index contributed by atoms with van der Waals surface area (Å²) in [6.45, 7) is 0.636. The highest BCUT2D eigenvalue weighted by atomic mass is 32.1. The SMILES string of the molecule is CN(C)C(CNC(=O)CCn1c(=S)[nH]c2ccccc2c1=O)c1ccco1. The summed E-state index contributed by atoms with van der Waals surface area (Å²) in [5.41, 5.74) is 0.504. The Balaban J connectivity index is 1.65. The van der Waals surface area contributed by atoms with E-state index in [1.54, 1.807) is 24.5 Å². The summed E-state index contributed by atoms with van der Waals surface area (Å²) in [6, 6.07) is 10.8. The van der Waals surface area contributed by atoms with Gasteiger partial charge >= 0.3 is 0 Å². The number of aromatic amines is 1. The molecule has 2 heterocycles. The van der Waals surface area contributed by atoms with Crippen LogP contribution in [-0.2, 0) is 11.3 Å². The maximum absolute atomic E-state index is 12.6. The van der Waals surface area contributed by atoms with Gasteiger partial charge in [0.25, 0.3) is 5.56 Å². The number of rotatable bonds is 7. The van der Waals surface area contributed by atoms with Crippen LogP contribution in [0.5, 0.6) is 0 Å². The molecule has 0 bridgehead atoms. The lowest BCUT2D eigenvalue weighted by Crippen LogP contribution is -2.35. The Labute approximate surface area is 161 Å². The Morgan fingerprint density at radius 1 is 1.30 bits per heavy atom. The summed E-state index contributed by atoms with van der Waals surface area (Å²) in [7, 11) is 3.85. The first kappa shape index (κ1) is 19.1. The zero-order valence-corrected chi connectivity index (χ0v) is 16.1. The summed E-state index contributed by atoms with van der Waals surface area (Å²) in [5.74, 6) is 0.636. The van der Waals surface area contributed by atoms with Gasteiger partial charge in [-0.2, -0.15) is 0 Å². The van der Waals surface area contributed by atoms with Crippen molar-refractivity contribution in [3.63, 3.8) is 0 Å². The van der Waals surface area contributed by atoms with E-state index in [4.69, 9.17) is 16.6 Å². The smallest absolute Gasteiger partial charge is 0.262 e. The van der Waals surface area contributed by atoms with E-state index in [-0.39, 0.29) is 30.5 Å². The molecule has 0 radical (unpaired) electrons. The van der Waals surface area contributed by atoms with Crippen LogP contribution in [0, 0.1) is 4.77 Å². The third-order valence-corrected chi connectivity index (χ3v) is 4.76. The molecule has 3 aromatic rings. The van der Waals surface area contributed by atoms with Crippen molar-refractivity contribution in [2.24, 2.45) is 0 Å². The summed E-state index contributed by atoms with van der Waals surface area (Å²) in [5, 5.41) is 3.45. The molecule has 2 N–H and O–H groups in total. The molecule has 0 aliphatic carbocycles. The van der Waals surface area contributed by atoms with E-state index in [0.29, 0.717) is 22.2 Å².